The first-order valence-electron chi connectivity index (χ1n) is 17.4. The van der Waals surface area contributed by atoms with Crippen LogP contribution in [0.5, 0.6) is 0 Å². The molecule has 52 heavy (non-hydrogen) atoms. The molecular weight excluding hydrogens is 702 g/mol. The molecule has 13 heteroatoms. The zero-order chi connectivity index (χ0) is 37.8. The average molecular weight is 750 g/mol. The van der Waals surface area contributed by atoms with Crippen LogP contribution in [0.3, 0.4) is 0 Å². The van der Waals surface area contributed by atoms with Crippen molar-refractivity contribution in [3.63, 3.8) is 0 Å². The largest absolute Gasteiger partial charge is 0.390 e. The van der Waals surface area contributed by atoms with E-state index in [4.69, 9.17) is 0 Å². The summed E-state index contributed by atoms with van der Waals surface area (Å²) in [6.07, 6.45) is 0.608. The number of aliphatic hydroxyl groups is 1. The molecule has 1 fully saturated rings. The third kappa shape index (κ3) is 9.18. The minimum Gasteiger partial charge on any atom is -0.390 e. The summed E-state index contributed by atoms with van der Waals surface area (Å²) in [7, 11) is -4.07. The topological polar surface area (TPSA) is 132 Å². The maximum atomic E-state index is 14.2. The summed E-state index contributed by atoms with van der Waals surface area (Å²) in [6.45, 7) is 10.9. The van der Waals surface area contributed by atoms with E-state index < -0.39 is 50.3 Å². The van der Waals surface area contributed by atoms with E-state index in [1.165, 1.54) is 38.8 Å². The number of hydrogen-bond acceptors (Lipinski definition) is 8. The van der Waals surface area contributed by atoms with Crippen LogP contribution in [0.25, 0.3) is 10.9 Å². The lowest BCUT2D eigenvalue weighted by Gasteiger charge is -2.34. The molecule has 0 aliphatic carbocycles. The van der Waals surface area contributed by atoms with Gasteiger partial charge in [0.25, 0.3) is 5.91 Å². The molecule has 0 spiro atoms. The van der Waals surface area contributed by atoms with Crippen LogP contribution in [0.15, 0.2) is 96.0 Å². The molecule has 1 aromatic heterocycles. The molecule has 3 aromatic carbocycles. The molecule has 0 saturated carbocycles. The molecule has 3 atom stereocenters. The fraction of sp³-hybridized carbons (Fsp3) is 0.410. The summed E-state index contributed by atoms with van der Waals surface area (Å²) in [5.74, 6) is -1.25. The Kier molecular flexibility index (Phi) is 12.1. The predicted octanol–water partition coefficient (Wildman–Crippen LogP) is 5.27. The lowest BCUT2D eigenvalue weighted by atomic mass is 9.94. The Morgan fingerprint density at radius 1 is 1.04 bits per heavy atom. The number of carbonyl (C=O) groups is 2. The van der Waals surface area contributed by atoms with E-state index in [9.17, 15) is 27.5 Å². The standard InChI is InChI=1S/C39H48FN5O5S2/c1-26(2)24-44(52(49,50)31-17-18-32-28(21-31)14-11-19-41-32)25-34(46)33(20-27-12-8-7-9-13-27)45-37(48)36(39(5,6)51-45)43-35(47)23-42-38(3,4)29-15-10-16-30(40)22-29/h7-19,21-22,26,33-34,36,42,46H,20,23-25H2,1-6H3,(H,43,47)/t33-,34+,36+/m0/s1. The number of pyridine rings is 1. The van der Waals surface area contributed by atoms with Gasteiger partial charge in [-0.25, -0.2) is 12.8 Å². The second-order valence-electron chi connectivity index (χ2n) is 14.7. The fourth-order valence-corrected chi connectivity index (χ4v) is 9.31. The Morgan fingerprint density at radius 2 is 1.77 bits per heavy atom. The van der Waals surface area contributed by atoms with Crippen molar-refractivity contribution in [3.05, 3.63) is 108 Å². The zero-order valence-electron chi connectivity index (χ0n) is 30.4. The van der Waals surface area contributed by atoms with Gasteiger partial charge in [0.1, 0.15) is 11.9 Å². The smallest absolute Gasteiger partial charge is 0.256 e. The molecule has 0 unspecified atom stereocenters. The van der Waals surface area contributed by atoms with Crippen molar-refractivity contribution in [1.82, 2.24) is 24.2 Å². The summed E-state index contributed by atoms with van der Waals surface area (Å²) in [5.41, 5.74) is 1.46. The first-order valence-corrected chi connectivity index (χ1v) is 19.6. The molecule has 4 aromatic rings. The molecule has 0 bridgehead atoms. The minimum absolute atomic E-state index is 0.0579. The number of benzene rings is 3. The maximum absolute atomic E-state index is 14.2. The Bertz CT molecular complexity index is 1990. The Morgan fingerprint density at radius 3 is 2.46 bits per heavy atom. The van der Waals surface area contributed by atoms with Gasteiger partial charge in [0, 0.05) is 30.2 Å². The molecule has 278 valence electrons. The predicted molar refractivity (Wildman–Crippen MR) is 203 cm³/mol. The highest BCUT2D eigenvalue weighted by atomic mass is 32.2. The van der Waals surface area contributed by atoms with Crippen LogP contribution >= 0.6 is 11.9 Å². The highest BCUT2D eigenvalue weighted by Crippen LogP contribution is 2.42. The van der Waals surface area contributed by atoms with Crippen LogP contribution in [0.2, 0.25) is 0 Å². The van der Waals surface area contributed by atoms with Crippen LogP contribution < -0.4 is 10.6 Å². The second kappa shape index (κ2) is 16.0. The van der Waals surface area contributed by atoms with Gasteiger partial charge < -0.3 is 10.4 Å². The van der Waals surface area contributed by atoms with Gasteiger partial charge in [-0.2, -0.15) is 4.31 Å². The number of carbonyl (C=O) groups excluding carboxylic acids is 2. The van der Waals surface area contributed by atoms with Crippen molar-refractivity contribution < 1.29 is 27.5 Å². The number of rotatable bonds is 15. The Labute approximate surface area is 310 Å². The fourth-order valence-electron chi connectivity index (χ4n) is 6.34. The van der Waals surface area contributed by atoms with Gasteiger partial charge >= 0.3 is 0 Å². The number of halogens is 1. The van der Waals surface area contributed by atoms with Gasteiger partial charge in [0.2, 0.25) is 15.9 Å². The van der Waals surface area contributed by atoms with E-state index in [1.807, 2.05) is 71.9 Å². The van der Waals surface area contributed by atoms with Crippen LogP contribution in [-0.2, 0) is 31.6 Å². The number of amides is 2. The number of sulfonamides is 1. The van der Waals surface area contributed by atoms with E-state index in [2.05, 4.69) is 15.6 Å². The Balaban J connectivity index is 1.38. The van der Waals surface area contributed by atoms with Crippen molar-refractivity contribution in [2.75, 3.05) is 19.6 Å². The van der Waals surface area contributed by atoms with Crippen LogP contribution in [0.4, 0.5) is 4.39 Å². The van der Waals surface area contributed by atoms with Crippen molar-refractivity contribution in [2.24, 2.45) is 5.92 Å². The molecule has 0 radical (unpaired) electrons. The lowest BCUT2D eigenvalue weighted by Crippen LogP contribution is -2.55. The van der Waals surface area contributed by atoms with E-state index in [-0.39, 0.29) is 42.7 Å². The second-order valence-corrected chi connectivity index (χ2v) is 18.3. The molecule has 2 heterocycles. The lowest BCUT2D eigenvalue weighted by molar-refractivity contribution is -0.133. The number of nitrogens with one attached hydrogen (secondary N) is 2. The summed E-state index contributed by atoms with van der Waals surface area (Å²) < 4.78 is 44.2. The number of nitrogens with zero attached hydrogens (tertiary/aromatic N) is 3. The van der Waals surface area contributed by atoms with Gasteiger partial charge in [0.15, 0.2) is 0 Å². The van der Waals surface area contributed by atoms with Gasteiger partial charge in [-0.15, -0.1) is 0 Å². The zero-order valence-corrected chi connectivity index (χ0v) is 32.0. The summed E-state index contributed by atoms with van der Waals surface area (Å²) in [4.78, 5) is 31.9. The van der Waals surface area contributed by atoms with Gasteiger partial charge in [-0.05, 0) is 99.5 Å². The van der Waals surface area contributed by atoms with Gasteiger partial charge in [0.05, 0.1) is 33.8 Å². The molecule has 1 aliphatic heterocycles. The van der Waals surface area contributed by atoms with Gasteiger partial charge in [-0.3, -0.25) is 24.2 Å². The third-order valence-corrected chi connectivity index (χ3v) is 12.4. The summed E-state index contributed by atoms with van der Waals surface area (Å²) in [5, 5.41) is 18.7. The minimum atomic E-state index is -4.07. The van der Waals surface area contributed by atoms with Crippen LogP contribution in [0, 0.1) is 11.7 Å². The first-order chi connectivity index (χ1) is 24.5. The van der Waals surface area contributed by atoms with Crippen molar-refractivity contribution in [3.8, 4) is 0 Å². The molecule has 5 rings (SSSR count). The number of aliphatic hydroxyl groups excluding tert-OH is 1. The highest BCUT2D eigenvalue weighted by Gasteiger charge is 2.52. The van der Waals surface area contributed by atoms with Crippen LogP contribution in [0.1, 0.15) is 52.7 Å². The number of aromatic nitrogens is 1. The first kappa shape index (κ1) is 39.3. The van der Waals surface area contributed by atoms with Crippen molar-refractivity contribution >= 4 is 44.7 Å². The molecule has 2 amide bonds. The highest BCUT2D eigenvalue weighted by molar-refractivity contribution is 7.99. The quantitative estimate of drug-likeness (QED) is 0.140. The molecule has 1 aliphatic rings. The third-order valence-electron chi connectivity index (χ3n) is 9.24. The van der Waals surface area contributed by atoms with Crippen LogP contribution in [-0.4, -0.2) is 81.5 Å². The summed E-state index contributed by atoms with van der Waals surface area (Å²) in [6, 6.07) is 22.1. The monoisotopic (exact) mass is 749 g/mol. The Hall–Kier alpha value is -3.88. The van der Waals surface area contributed by atoms with E-state index in [0.29, 0.717) is 16.5 Å². The normalized spacial score (nSPS) is 17.5. The van der Waals surface area contributed by atoms with Crippen molar-refractivity contribution in [1.29, 1.82) is 0 Å². The van der Waals surface area contributed by atoms with Gasteiger partial charge in [-0.1, -0.05) is 62.4 Å². The molecule has 1 saturated heterocycles. The maximum Gasteiger partial charge on any atom is 0.256 e. The average Bonchev–Trinajstić information content (AvgIpc) is 3.32. The molecule has 10 nitrogen and oxygen atoms in total. The molecular formula is C39H48FN5O5S2. The number of fused-ring (bicyclic) bond motifs is 1. The molecule has 3 N–H and O–H groups in total. The van der Waals surface area contributed by atoms with E-state index in [0.717, 1.165) is 5.56 Å². The SMILES string of the molecule is CC(C)CN(C[C@@H](O)[C@H](Cc1ccccc1)N1SC(C)(C)[C@H](NC(=O)CNC(C)(C)c2cccc(F)c2)C1=O)S(=O)(=O)c1ccc2ncccc2c1. The number of hydrogen-bond donors (Lipinski definition) is 3. The summed E-state index contributed by atoms with van der Waals surface area (Å²) >= 11 is 1.22. The van der Waals surface area contributed by atoms with E-state index >= 15 is 0 Å². The van der Waals surface area contributed by atoms with E-state index in [1.54, 1.807) is 42.6 Å². The van der Waals surface area contributed by atoms with Crippen molar-refractivity contribution in [2.45, 2.75) is 81.3 Å².